The van der Waals surface area contributed by atoms with Crippen molar-refractivity contribution in [3.63, 3.8) is 0 Å². The molecule has 0 bridgehead atoms. The van der Waals surface area contributed by atoms with Crippen molar-refractivity contribution in [2.75, 3.05) is 5.75 Å². The molecule has 1 rings (SSSR count). The molecule has 0 aromatic heterocycles. The van der Waals surface area contributed by atoms with Gasteiger partial charge in [0.25, 0.3) is 0 Å². The van der Waals surface area contributed by atoms with Crippen LogP contribution in [0.2, 0.25) is 0 Å². The Hall–Kier alpha value is -1.71. The minimum atomic E-state index is -5.08. The zero-order valence-corrected chi connectivity index (χ0v) is 12.4. The van der Waals surface area contributed by atoms with Crippen LogP contribution in [-0.4, -0.2) is 14.2 Å². The summed E-state index contributed by atoms with van der Waals surface area (Å²) in [6.45, 7) is 3.36. The lowest BCUT2D eigenvalue weighted by Gasteiger charge is -2.14. The molecule has 1 aromatic rings. The number of allylic oxidation sites excluding steroid dienone is 1. The Morgan fingerprint density at radius 1 is 1.00 bits per heavy atom. The molecule has 0 fully saturated rings. The first-order valence-corrected chi connectivity index (χ1v) is 7.75. The van der Waals surface area contributed by atoms with Gasteiger partial charge in [0.1, 0.15) is 5.75 Å². The molecular weight excluding hydrogens is 350 g/mol. The van der Waals surface area contributed by atoms with Crippen molar-refractivity contribution >= 4 is 10.1 Å². The monoisotopic (exact) mass is 362 g/mol. The van der Waals surface area contributed by atoms with E-state index in [9.17, 15) is 34.8 Å². The van der Waals surface area contributed by atoms with Crippen LogP contribution < -0.4 is 4.18 Å². The lowest BCUT2D eigenvalue weighted by Crippen LogP contribution is -2.16. The molecule has 0 atom stereocenters. The van der Waals surface area contributed by atoms with Gasteiger partial charge >= 0.3 is 22.5 Å². The topological polar surface area (TPSA) is 43.4 Å². The molecule has 10 heteroatoms. The predicted molar refractivity (Wildman–Crippen MR) is 70.3 cm³/mol. The molecule has 0 amide bonds. The summed E-state index contributed by atoms with van der Waals surface area (Å²) in [7, 11) is -4.31. The highest BCUT2D eigenvalue weighted by atomic mass is 32.2. The summed E-state index contributed by atoms with van der Waals surface area (Å²) < 4.78 is 103. The normalized spacial score (nSPS) is 13.0. The van der Waals surface area contributed by atoms with Gasteiger partial charge in [-0.2, -0.15) is 34.8 Å². The minimum absolute atomic E-state index is 0.0803. The SMILES string of the molecule is C=CCCCS(=O)(=O)Oc1cc(C(F)(F)F)cc(C(F)(F)F)c1. The van der Waals surface area contributed by atoms with Gasteiger partial charge in [-0.05, 0) is 31.0 Å². The molecular formula is C13H12F6O3S. The molecule has 0 saturated heterocycles. The Labute approximate surface area is 128 Å². The number of halogens is 6. The summed E-state index contributed by atoms with van der Waals surface area (Å²) in [6.07, 6.45) is -8.35. The highest BCUT2D eigenvalue weighted by Gasteiger charge is 2.37. The summed E-state index contributed by atoms with van der Waals surface area (Å²) >= 11 is 0. The van der Waals surface area contributed by atoms with Crippen molar-refractivity contribution in [2.24, 2.45) is 0 Å². The minimum Gasteiger partial charge on any atom is -0.382 e. The highest BCUT2D eigenvalue weighted by Crippen LogP contribution is 2.38. The van der Waals surface area contributed by atoms with E-state index in [2.05, 4.69) is 10.8 Å². The smallest absolute Gasteiger partial charge is 0.382 e. The molecule has 0 saturated carbocycles. The van der Waals surface area contributed by atoms with Crippen molar-refractivity contribution in [1.82, 2.24) is 0 Å². The molecule has 3 nitrogen and oxygen atoms in total. The van der Waals surface area contributed by atoms with E-state index in [1.54, 1.807) is 0 Å². The fourth-order valence-corrected chi connectivity index (χ4v) is 2.56. The van der Waals surface area contributed by atoms with Crippen molar-refractivity contribution in [3.8, 4) is 5.75 Å². The van der Waals surface area contributed by atoms with Crippen molar-refractivity contribution in [2.45, 2.75) is 25.2 Å². The molecule has 130 valence electrons. The van der Waals surface area contributed by atoms with Crippen LogP contribution in [0.25, 0.3) is 0 Å². The molecule has 0 spiro atoms. The number of hydrogen-bond acceptors (Lipinski definition) is 3. The van der Waals surface area contributed by atoms with E-state index in [1.165, 1.54) is 6.08 Å². The van der Waals surface area contributed by atoms with Crippen molar-refractivity contribution in [1.29, 1.82) is 0 Å². The maximum absolute atomic E-state index is 12.6. The average Bonchev–Trinajstić information content (AvgIpc) is 2.35. The van der Waals surface area contributed by atoms with Crippen LogP contribution in [0.15, 0.2) is 30.9 Å². The summed E-state index contributed by atoms with van der Waals surface area (Å²) in [5, 5.41) is 0. The number of rotatable bonds is 6. The first kappa shape index (κ1) is 19.3. The standard InChI is InChI=1S/C13H12F6O3S/c1-2-3-4-5-23(20,21)22-11-7-9(12(14,15)16)6-10(8-11)13(17,18)19/h2,6-8H,1,3-5H2. The van der Waals surface area contributed by atoms with E-state index in [4.69, 9.17) is 0 Å². The van der Waals surface area contributed by atoms with E-state index in [0.717, 1.165) is 0 Å². The number of alkyl halides is 6. The van der Waals surface area contributed by atoms with Gasteiger partial charge < -0.3 is 4.18 Å². The fraction of sp³-hybridized carbons (Fsp3) is 0.385. The van der Waals surface area contributed by atoms with E-state index in [1.807, 2.05) is 0 Å². The summed E-state index contributed by atoms with van der Waals surface area (Å²) in [5.41, 5.74) is -3.30. The van der Waals surface area contributed by atoms with Crippen molar-refractivity contribution in [3.05, 3.63) is 42.0 Å². The van der Waals surface area contributed by atoms with Gasteiger partial charge in [0.2, 0.25) is 0 Å². The van der Waals surface area contributed by atoms with Gasteiger partial charge in [-0.15, -0.1) is 6.58 Å². The van der Waals surface area contributed by atoms with Gasteiger partial charge in [-0.3, -0.25) is 0 Å². The first-order chi connectivity index (χ1) is 10.3. The molecule has 0 aliphatic heterocycles. The number of unbranched alkanes of at least 4 members (excludes halogenated alkanes) is 1. The second-order valence-corrected chi connectivity index (χ2v) is 6.21. The molecule has 23 heavy (non-hydrogen) atoms. The highest BCUT2D eigenvalue weighted by molar-refractivity contribution is 7.87. The maximum Gasteiger partial charge on any atom is 0.416 e. The average molecular weight is 362 g/mol. The third kappa shape index (κ3) is 6.12. The van der Waals surface area contributed by atoms with Crippen LogP contribution in [0.3, 0.4) is 0 Å². The van der Waals surface area contributed by atoms with E-state index in [0.29, 0.717) is 6.42 Å². The second kappa shape index (κ2) is 6.81. The Balaban J connectivity index is 3.18. The molecule has 0 N–H and O–H groups in total. The number of hydrogen-bond donors (Lipinski definition) is 0. The van der Waals surface area contributed by atoms with Crippen LogP contribution in [0.1, 0.15) is 24.0 Å². The van der Waals surface area contributed by atoms with Gasteiger partial charge in [0.05, 0.1) is 16.9 Å². The fourth-order valence-electron chi connectivity index (χ4n) is 1.57. The molecule has 0 aliphatic carbocycles. The third-order valence-electron chi connectivity index (χ3n) is 2.59. The molecule has 0 unspecified atom stereocenters. The first-order valence-electron chi connectivity index (χ1n) is 6.18. The Bertz CT molecular complexity index is 629. The van der Waals surface area contributed by atoms with Crippen LogP contribution >= 0.6 is 0 Å². The largest absolute Gasteiger partial charge is 0.416 e. The van der Waals surface area contributed by atoms with Crippen molar-refractivity contribution < 1.29 is 38.9 Å². The predicted octanol–water partition coefficient (Wildman–Crippen LogP) is 4.40. The van der Waals surface area contributed by atoms with E-state index < -0.39 is 45.1 Å². The summed E-state index contributed by atoms with van der Waals surface area (Å²) in [6, 6.07) is 0.303. The van der Waals surface area contributed by atoms with Crippen LogP contribution in [0.4, 0.5) is 26.3 Å². The maximum atomic E-state index is 12.6. The number of benzene rings is 1. The van der Waals surface area contributed by atoms with E-state index >= 15 is 0 Å². The quantitative estimate of drug-likeness (QED) is 0.326. The Kier molecular flexibility index (Phi) is 5.73. The molecule has 0 aliphatic rings. The zero-order valence-electron chi connectivity index (χ0n) is 11.5. The Morgan fingerprint density at radius 3 is 1.87 bits per heavy atom. The van der Waals surface area contributed by atoms with Gasteiger partial charge in [0, 0.05) is 0 Å². The van der Waals surface area contributed by atoms with Gasteiger partial charge in [0.15, 0.2) is 0 Å². The lowest BCUT2D eigenvalue weighted by molar-refractivity contribution is -0.143. The van der Waals surface area contributed by atoms with Crippen LogP contribution in [0.5, 0.6) is 5.75 Å². The van der Waals surface area contributed by atoms with Gasteiger partial charge in [-0.1, -0.05) is 6.08 Å². The lowest BCUT2D eigenvalue weighted by atomic mass is 10.1. The van der Waals surface area contributed by atoms with Gasteiger partial charge in [-0.25, -0.2) is 0 Å². The van der Waals surface area contributed by atoms with Crippen LogP contribution in [0, 0.1) is 0 Å². The summed E-state index contributed by atoms with van der Waals surface area (Å²) in [4.78, 5) is 0. The molecule has 1 aromatic carbocycles. The molecule has 0 radical (unpaired) electrons. The summed E-state index contributed by atoms with van der Waals surface area (Å²) in [5.74, 6) is -1.60. The van der Waals surface area contributed by atoms with Crippen LogP contribution in [-0.2, 0) is 22.5 Å². The molecule has 0 heterocycles. The Morgan fingerprint density at radius 2 is 1.48 bits per heavy atom. The third-order valence-corrected chi connectivity index (χ3v) is 3.82. The van der Waals surface area contributed by atoms with E-state index in [-0.39, 0.29) is 24.6 Å². The zero-order chi connectivity index (χ0) is 17.9. The second-order valence-electron chi connectivity index (χ2n) is 4.52.